The number of hydrogen-bond acceptors (Lipinski definition) is 2. The summed E-state index contributed by atoms with van der Waals surface area (Å²) in [5, 5.41) is 4.52. The Labute approximate surface area is 266 Å². The zero-order chi connectivity index (χ0) is 30.6. The first-order valence-electron chi connectivity index (χ1n) is 15.9. The molecule has 0 spiro atoms. The normalized spacial score (nSPS) is 23.0. The van der Waals surface area contributed by atoms with Crippen LogP contribution in [0.4, 0.5) is 9.59 Å². The Bertz CT molecular complexity index is 1980. The molecule has 0 aliphatic carbocycles. The highest BCUT2D eigenvalue weighted by Gasteiger charge is 2.80. The van der Waals surface area contributed by atoms with Gasteiger partial charge in [-0.2, -0.15) is 0 Å². The van der Waals surface area contributed by atoms with E-state index in [2.05, 4.69) is 72.8 Å². The van der Waals surface area contributed by atoms with E-state index in [0.717, 1.165) is 54.9 Å². The average molecular weight is 599 g/mol. The van der Waals surface area contributed by atoms with E-state index in [-0.39, 0.29) is 12.1 Å². The van der Waals surface area contributed by atoms with Crippen molar-refractivity contribution in [3.63, 3.8) is 0 Å². The van der Waals surface area contributed by atoms with Crippen LogP contribution in [0.25, 0.3) is 21.5 Å². The molecule has 0 atom stereocenters. The summed E-state index contributed by atoms with van der Waals surface area (Å²) in [6, 6.07) is 45.8. The van der Waals surface area contributed by atoms with Gasteiger partial charge in [0.15, 0.2) is 11.3 Å². The second-order valence-corrected chi connectivity index (χ2v) is 12.9. The zero-order valence-corrected chi connectivity index (χ0v) is 25.1. The number of carbonyl (C=O) groups is 2. The first kappa shape index (κ1) is 25.7. The molecule has 6 aromatic rings. The van der Waals surface area contributed by atoms with Crippen molar-refractivity contribution in [3.05, 3.63) is 167 Å². The number of urea groups is 2. The fourth-order valence-electron chi connectivity index (χ4n) is 8.92. The minimum atomic E-state index is -1.13. The van der Waals surface area contributed by atoms with Crippen molar-refractivity contribution in [2.45, 2.75) is 37.5 Å². The lowest BCUT2D eigenvalue weighted by molar-refractivity contribution is -0.0793. The van der Waals surface area contributed by atoms with Crippen molar-refractivity contribution in [1.29, 1.82) is 0 Å². The number of benzene rings is 6. The molecule has 0 unspecified atom stereocenters. The number of carbonyl (C=O) groups excluding carboxylic acids is 2. The summed E-state index contributed by atoms with van der Waals surface area (Å²) in [5.74, 6) is 0. The van der Waals surface area contributed by atoms with E-state index in [4.69, 9.17) is 0 Å². The van der Waals surface area contributed by atoms with Gasteiger partial charge in [-0.05, 0) is 68.1 Å². The van der Waals surface area contributed by atoms with Gasteiger partial charge in [-0.25, -0.2) is 9.59 Å². The Morgan fingerprint density at radius 2 is 0.630 bits per heavy atom. The van der Waals surface area contributed by atoms with E-state index < -0.39 is 11.3 Å². The van der Waals surface area contributed by atoms with Gasteiger partial charge in [-0.15, -0.1) is 0 Å². The van der Waals surface area contributed by atoms with E-state index in [9.17, 15) is 0 Å². The lowest BCUT2D eigenvalue weighted by atomic mass is 9.79. The molecule has 0 radical (unpaired) electrons. The summed E-state index contributed by atoms with van der Waals surface area (Å²) in [6.07, 6.45) is 0. The summed E-state index contributed by atoms with van der Waals surface area (Å²) in [5.41, 5.74) is 3.89. The van der Waals surface area contributed by atoms with Gasteiger partial charge < -0.3 is 0 Å². The third kappa shape index (κ3) is 3.01. The predicted molar refractivity (Wildman–Crippen MR) is 177 cm³/mol. The molecule has 46 heavy (non-hydrogen) atoms. The molecule has 2 saturated heterocycles. The first-order valence-corrected chi connectivity index (χ1v) is 15.9. The summed E-state index contributed by atoms with van der Waals surface area (Å²) in [4.78, 5) is 38.7. The fraction of sp³-hybridized carbons (Fsp3) is 0.150. The van der Waals surface area contributed by atoms with Crippen molar-refractivity contribution >= 4 is 33.6 Å². The zero-order valence-electron chi connectivity index (χ0n) is 25.1. The van der Waals surface area contributed by atoms with Crippen LogP contribution in [0.3, 0.4) is 0 Å². The van der Waals surface area contributed by atoms with E-state index in [1.807, 2.05) is 80.3 Å². The van der Waals surface area contributed by atoms with Gasteiger partial charge in [0, 0.05) is 11.1 Å². The van der Waals surface area contributed by atoms with E-state index >= 15 is 9.59 Å². The van der Waals surface area contributed by atoms with Crippen LogP contribution in [0.2, 0.25) is 0 Å². The predicted octanol–water partition coefficient (Wildman–Crippen LogP) is 7.90. The van der Waals surface area contributed by atoms with Gasteiger partial charge >= 0.3 is 12.1 Å². The topological polar surface area (TPSA) is 47.1 Å². The highest BCUT2D eigenvalue weighted by molar-refractivity contribution is 5.92. The standard InChI is InChI=1S/C40H30N4O2/c45-37-41-23-31-19-27-11-7-8-12-28(27)20-32(31)24-42-38(46)44-26-34-22-30-14-10-9-13-29(30)21-33(34)25-43(37)40(44,36-17-5-2-6-18-36)39(41,42)35-15-3-1-4-16-35/h1-22H,23-26H2. The Balaban J connectivity index is 1.31. The molecule has 4 heterocycles. The minimum absolute atomic E-state index is 0.0720. The average Bonchev–Trinajstić information content (AvgIpc) is 3.26. The van der Waals surface area contributed by atoms with Crippen molar-refractivity contribution in [3.8, 4) is 0 Å². The van der Waals surface area contributed by atoms with E-state index in [1.54, 1.807) is 0 Å². The number of nitrogens with zero attached hydrogens (tertiary/aromatic N) is 4. The molecule has 10 rings (SSSR count). The van der Waals surface area contributed by atoms with Gasteiger partial charge in [0.25, 0.3) is 0 Å². The molecule has 4 aliphatic heterocycles. The molecule has 2 fully saturated rings. The van der Waals surface area contributed by atoms with Crippen LogP contribution in [0.5, 0.6) is 0 Å². The molecular formula is C40H30N4O2. The molecule has 6 nitrogen and oxygen atoms in total. The molecular weight excluding hydrogens is 568 g/mol. The van der Waals surface area contributed by atoms with Crippen molar-refractivity contribution in [2.24, 2.45) is 0 Å². The van der Waals surface area contributed by atoms with Gasteiger partial charge in [-0.3, -0.25) is 19.6 Å². The Morgan fingerprint density at radius 1 is 0.370 bits per heavy atom. The van der Waals surface area contributed by atoms with Crippen molar-refractivity contribution in [1.82, 2.24) is 19.6 Å². The molecule has 6 heteroatoms. The lowest BCUT2D eigenvalue weighted by Crippen LogP contribution is -2.62. The number of amides is 4. The fourth-order valence-corrected chi connectivity index (χ4v) is 8.92. The molecule has 222 valence electrons. The smallest absolute Gasteiger partial charge is 0.289 e. The molecule has 0 saturated carbocycles. The summed E-state index contributed by atoms with van der Waals surface area (Å²) >= 11 is 0. The Morgan fingerprint density at radius 3 is 0.913 bits per heavy atom. The van der Waals surface area contributed by atoms with E-state index in [1.165, 1.54) is 0 Å². The van der Waals surface area contributed by atoms with Crippen LogP contribution in [0.15, 0.2) is 133 Å². The Hall–Kier alpha value is -5.62. The molecule has 4 aliphatic rings. The largest absolute Gasteiger partial charge is 0.325 e. The molecule has 6 aromatic carbocycles. The van der Waals surface area contributed by atoms with Gasteiger partial charge in [0.2, 0.25) is 0 Å². The molecule has 4 amide bonds. The van der Waals surface area contributed by atoms with Crippen LogP contribution in [-0.4, -0.2) is 31.7 Å². The molecule has 0 aromatic heterocycles. The lowest BCUT2D eigenvalue weighted by Gasteiger charge is -2.49. The SMILES string of the molecule is O=C1N2Cc3cc4ccccc4cc3CN3C(=O)N4Cc5cc6ccccc6cc5CN1C4(c1ccccc1)C23c1ccccc1. The second-order valence-electron chi connectivity index (χ2n) is 12.9. The highest BCUT2D eigenvalue weighted by atomic mass is 16.2. The minimum Gasteiger partial charge on any atom is -0.289 e. The van der Waals surface area contributed by atoms with E-state index in [0.29, 0.717) is 26.2 Å². The Kier molecular flexibility index (Phi) is 5.01. The van der Waals surface area contributed by atoms with Gasteiger partial charge in [0.1, 0.15) is 0 Å². The number of fused-ring (bicyclic) bond motifs is 4. The molecule has 0 bridgehead atoms. The maximum atomic E-state index is 15.3. The maximum absolute atomic E-state index is 15.3. The quantitative estimate of drug-likeness (QED) is 0.203. The number of hydrogen-bond donors (Lipinski definition) is 0. The van der Waals surface area contributed by atoms with Crippen LogP contribution < -0.4 is 0 Å². The van der Waals surface area contributed by atoms with Crippen LogP contribution in [0, 0.1) is 0 Å². The third-order valence-electron chi connectivity index (χ3n) is 10.8. The van der Waals surface area contributed by atoms with Crippen LogP contribution in [-0.2, 0) is 37.5 Å². The highest BCUT2D eigenvalue weighted by Crippen LogP contribution is 2.65. The van der Waals surface area contributed by atoms with Crippen LogP contribution >= 0.6 is 0 Å². The summed E-state index contributed by atoms with van der Waals surface area (Å²) < 4.78 is 0. The second kappa shape index (κ2) is 8.98. The monoisotopic (exact) mass is 598 g/mol. The summed E-state index contributed by atoms with van der Waals surface area (Å²) in [7, 11) is 0. The van der Waals surface area contributed by atoms with Gasteiger partial charge in [-0.1, -0.05) is 109 Å². The van der Waals surface area contributed by atoms with Gasteiger partial charge in [0.05, 0.1) is 26.2 Å². The number of rotatable bonds is 2. The van der Waals surface area contributed by atoms with Crippen LogP contribution in [0.1, 0.15) is 33.4 Å². The maximum Gasteiger partial charge on any atom is 0.325 e. The van der Waals surface area contributed by atoms with Crippen molar-refractivity contribution in [2.75, 3.05) is 0 Å². The third-order valence-corrected chi connectivity index (χ3v) is 10.8. The first-order chi connectivity index (χ1) is 22.6. The summed E-state index contributed by atoms with van der Waals surface area (Å²) in [6.45, 7) is 1.56. The van der Waals surface area contributed by atoms with Crippen molar-refractivity contribution < 1.29 is 9.59 Å². The molecule has 0 N–H and O–H groups in total.